The molecule has 9 heteroatoms. The van der Waals surface area contributed by atoms with E-state index < -0.39 is 10.8 Å². The smallest absolute Gasteiger partial charge is 0.270 e. The van der Waals surface area contributed by atoms with E-state index in [-0.39, 0.29) is 16.7 Å². The van der Waals surface area contributed by atoms with E-state index in [1.54, 1.807) is 30.3 Å². The van der Waals surface area contributed by atoms with Gasteiger partial charge in [0.25, 0.3) is 5.69 Å². The van der Waals surface area contributed by atoms with Crippen LogP contribution in [0.5, 0.6) is 0 Å². The molecular weight excluding hydrogens is 452 g/mol. The molecule has 3 aromatic carbocycles. The number of carbonyl (C=O) groups excluding carboxylic acids is 2. The van der Waals surface area contributed by atoms with Crippen LogP contribution in [-0.2, 0) is 16.0 Å². The number of nitrogens with one attached hydrogen (secondary N) is 3. The topological polar surface area (TPSA) is 113 Å². The number of non-ortho nitro benzene ring substituents is 1. The monoisotopic (exact) mass is 474 g/mol. The van der Waals surface area contributed by atoms with Crippen LogP contribution in [0.4, 0.5) is 17.1 Å². The minimum atomic E-state index is -0.502. The van der Waals surface area contributed by atoms with Crippen molar-refractivity contribution in [2.45, 2.75) is 12.8 Å². The normalized spacial score (nSPS) is 10.5. The van der Waals surface area contributed by atoms with Crippen LogP contribution in [0.15, 0.2) is 84.9 Å². The van der Waals surface area contributed by atoms with Gasteiger partial charge in [-0.25, -0.2) is 0 Å². The number of anilines is 2. The van der Waals surface area contributed by atoms with Crippen molar-refractivity contribution in [3.8, 4) is 0 Å². The SMILES string of the molecule is O=C(/C=C/c1cccc([N+](=O)[O-])c1)NC(=S)Nc1ccc(NC(=O)CCc2ccccc2)cc1. The van der Waals surface area contributed by atoms with Crippen LogP contribution >= 0.6 is 12.2 Å². The van der Waals surface area contributed by atoms with Gasteiger partial charge in [0.2, 0.25) is 11.8 Å². The van der Waals surface area contributed by atoms with E-state index in [0.29, 0.717) is 29.8 Å². The number of carbonyl (C=O) groups is 2. The Hall–Kier alpha value is -4.37. The van der Waals surface area contributed by atoms with E-state index in [1.165, 1.54) is 30.4 Å². The Balaban J connectivity index is 1.44. The summed E-state index contributed by atoms with van der Waals surface area (Å²) in [4.78, 5) is 34.5. The van der Waals surface area contributed by atoms with Crippen molar-refractivity contribution in [1.29, 1.82) is 0 Å². The number of hydrogen-bond acceptors (Lipinski definition) is 5. The fraction of sp³-hybridized carbons (Fsp3) is 0.0800. The van der Waals surface area contributed by atoms with Gasteiger partial charge in [0.05, 0.1) is 4.92 Å². The van der Waals surface area contributed by atoms with Gasteiger partial charge >= 0.3 is 0 Å². The van der Waals surface area contributed by atoms with Crippen molar-refractivity contribution in [3.05, 3.63) is 106 Å². The lowest BCUT2D eigenvalue weighted by atomic mass is 10.1. The number of nitrogens with zero attached hydrogens (tertiary/aromatic N) is 1. The van der Waals surface area contributed by atoms with Crippen LogP contribution in [0, 0.1) is 10.1 Å². The Morgan fingerprint density at radius 2 is 1.59 bits per heavy atom. The number of nitro groups is 1. The molecule has 0 fully saturated rings. The molecule has 0 atom stereocenters. The average Bonchev–Trinajstić information content (AvgIpc) is 2.83. The number of aryl methyl sites for hydroxylation is 1. The summed E-state index contributed by atoms with van der Waals surface area (Å²) in [5.41, 5.74) is 2.85. The first-order chi connectivity index (χ1) is 16.4. The van der Waals surface area contributed by atoms with E-state index in [9.17, 15) is 19.7 Å². The minimum absolute atomic E-state index is 0.0597. The number of amides is 2. The lowest BCUT2D eigenvalue weighted by Gasteiger charge is -2.10. The van der Waals surface area contributed by atoms with Gasteiger partial charge < -0.3 is 10.6 Å². The van der Waals surface area contributed by atoms with Gasteiger partial charge in [0.15, 0.2) is 5.11 Å². The lowest BCUT2D eigenvalue weighted by molar-refractivity contribution is -0.384. The number of benzene rings is 3. The fourth-order valence-electron chi connectivity index (χ4n) is 2.99. The molecular formula is C25H22N4O4S. The molecule has 0 radical (unpaired) electrons. The summed E-state index contributed by atoms with van der Waals surface area (Å²) in [5.74, 6) is -0.561. The van der Waals surface area contributed by atoms with Gasteiger partial charge in [-0.1, -0.05) is 42.5 Å². The highest BCUT2D eigenvalue weighted by Gasteiger charge is 2.06. The van der Waals surface area contributed by atoms with Crippen LogP contribution in [0.1, 0.15) is 17.5 Å². The Kier molecular flexibility index (Phi) is 8.59. The zero-order valence-corrected chi connectivity index (χ0v) is 18.9. The first kappa shape index (κ1) is 24.3. The van der Waals surface area contributed by atoms with Crippen molar-refractivity contribution < 1.29 is 14.5 Å². The van der Waals surface area contributed by atoms with E-state index in [1.807, 2.05) is 30.3 Å². The zero-order valence-electron chi connectivity index (χ0n) is 18.1. The summed E-state index contributed by atoms with van der Waals surface area (Å²) in [6, 6.07) is 22.6. The van der Waals surface area contributed by atoms with Gasteiger partial charge in [-0.3, -0.25) is 25.0 Å². The number of hydrogen-bond donors (Lipinski definition) is 3. The van der Waals surface area contributed by atoms with Crippen molar-refractivity contribution in [3.63, 3.8) is 0 Å². The molecule has 0 spiro atoms. The minimum Gasteiger partial charge on any atom is -0.332 e. The number of thiocarbonyl (C=S) groups is 1. The highest BCUT2D eigenvalue weighted by atomic mass is 32.1. The fourth-order valence-corrected chi connectivity index (χ4v) is 3.21. The molecule has 2 amide bonds. The first-order valence-electron chi connectivity index (χ1n) is 10.4. The summed E-state index contributed by atoms with van der Waals surface area (Å²) < 4.78 is 0. The van der Waals surface area contributed by atoms with Crippen LogP contribution in [0.2, 0.25) is 0 Å². The molecule has 3 rings (SSSR count). The predicted molar refractivity (Wildman–Crippen MR) is 136 cm³/mol. The molecule has 3 aromatic rings. The third-order valence-electron chi connectivity index (χ3n) is 4.66. The van der Waals surface area contributed by atoms with Gasteiger partial charge in [-0.15, -0.1) is 0 Å². The molecule has 0 aliphatic carbocycles. The summed E-state index contributed by atoms with van der Waals surface area (Å²) in [6.45, 7) is 0. The standard InChI is InChI=1S/C25H22N4O4S/c30-23(15-9-18-5-2-1-3-6-18)26-20-11-13-21(14-12-20)27-25(34)28-24(31)16-10-19-7-4-8-22(17-19)29(32)33/h1-8,10-14,16-17H,9,15H2,(H,26,30)(H2,27,28,31,34)/b16-10+. The molecule has 0 bridgehead atoms. The van der Waals surface area contributed by atoms with Gasteiger partial charge in [0, 0.05) is 36.0 Å². The van der Waals surface area contributed by atoms with Crippen molar-refractivity contribution in [2.24, 2.45) is 0 Å². The third kappa shape index (κ3) is 7.95. The second kappa shape index (κ2) is 12.0. The molecule has 3 N–H and O–H groups in total. The lowest BCUT2D eigenvalue weighted by Crippen LogP contribution is -2.32. The molecule has 8 nitrogen and oxygen atoms in total. The molecule has 0 saturated carbocycles. The van der Waals surface area contributed by atoms with Gasteiger partial charge in [0.1, 0.15) is 0 Å². The molecule has 0 heterocycles. The van der Waals surface area contributed by atoms with Gasteiger partial charge in [-0.05, 0) is 60.1 Å². The second-order valence-corrected chi connectivity index (χ2v) is 7.65. The molecule has 0 unspecified atom stereocenters. The van der Waals surface area contributed by atoms with E-state index in [0.717, 1.165) is 5.56 Å². The Bertz CT molecular complexity index is 1210. The number of nitro benzene ring substituents is 1. The average molecular weight is 475 g/mol. The summed E-state index contributed by atoms with van der Waals surface area (Å²) in [7, 11) is 0. The quantitative estimate of drug-likeness (QED) is 0.189. The molecule has 0 aliphatic rings. The molecule has 0 saturated heterocycles. The van der Waals surface area contributed by atoms with Crippen LogP contribution in [0.25, 0.3) is 6.08 Å². The Morgan fingerprint density at radius 3 is 2.26 bits per heavy atom. The Labute approximate surface area is 201 Å². The second-order valence-electron chi connectivity index (χ2n) is 7.24. The van der Waals surface area contributed by atoms with Gasteiger partial charge in [-0.2, -0.15) is 0 Å². The van der Waals surface area contributed by atoms with E-state index >= 15 is 0 Å². The molecule has 172 valence electrons. The maximum Gasteiger partial charge on any atom is 0.270 e. The first-order valence-corrected chi connectivity index (χ1v) is 10.8. The van der Waals surface area contributed by atoms with E-state index in [2.05, 4.69) is 16.0 Å². The largest absolute Gasteiger partial charge is 0.332 e. The third-order valence-corrected chi connectivity index (χ3v) is 4.86. The highest BCUT2D eigenvalue weighted by molar-refractivity contribution is 7.80. The van der Waals surface area contributed by atoms with Crippen LogP contribution < -0.4 is 16.0 Å². The summed E-state index contributed by atoms with van der Waals surface area (Å²) in [6.07, 6.45) is 3.74. The Morgan fingerprint density at radius 1 is 0.912 bits per heavy atom. The maximum absolute atomic E-state index is 12.2. The zero-order chi connectivity index (χ0) is 24.3. The number of rotatable bonds is 8. The van der Waals surface area contributed by atoms with Crippen molar-refractivity contribution >= 4 is 52.3 Å². The summed E-state index contributed by atoms with van der Waals surface area (Å²) in [5, 5.41) is 19.2. The predicted octanol–water partition coefficient (Wildman–Crippen LogP) is 4.69. The molecule has 0 aromatic heterocycles. The van der Waals surface area contributed by atoms with Crippen molar-refractivity contribution in [1.82, 2.24) is 5.32 Å². The van der Waals surface area contributed by atoms with Crippen molar-refractivity contribution in [2.75, 3.05) is 10.6 Å². The summed E-state index contributed by atoms with van der Waals surface area (Å²) >= 11 is 5.15. The molecule has 34 heavy (non-hydrogen) atoms. The van der Waals surface area contributed by atoms with E-state index in [4.69, 9.17) is 12.2 Å². The van der Waals surface area contributed by atoms with Crippen LogP contribution in [0.3, 0.4) is 0 Å². The highest BCUT2D eigenvalue weighted by Crippen LogP contribution is 2.15. The van der Waals surface area contributed by atoms with Crippen LogP contribution in [-0.4, -0.2) is 21.9 Å². The molecule has 0 aliphatic heterocycles. The maximum atomic E-state index is 12.2.